The quantitative estimate of drug-likeness (QED) is 0.910. The molecule has 0 bridgehead atoms. The average Bonchev–Trinajstić information content (AvgIpc) is 2.79. The zero-order valence-corrected chi connectivity index (χ0v) is 12.8. The third-order valence-corrected chi connectivity index (χ3v) is 4.17. The molecular weight excluding hydrogens is 299 g/mol. The summed E-state index contributed by atoms with van der Waals surface area (Å²) in [4.78, 5) is 13.8. The molecule has 2 heterocycles. The van der Waals surface area contributed by atoms with Gasteiger partial charge in [0.05, 0.1) is 11.8 Å². The van der Waals surface area contributed by atoms with Gasteiger partial charge in [0.1, 0.15) is 0 Å². The Morgan fingerprint density at radius 3 is 2.32 bits per heavy atom. The zero-order valence-electron chi connectivity index (χ0n) is 12.8. The number of alkyl halides is 3. The third-order valence-electron chi connectivity index (χ3n) is 4.17. The molecule has 8 heteroatoms. The predicted octanol–water partition coefficient (Wildman–Crippen LogP) is 2.30. The highest BCUT2D eigenvalue weighted by Gasteiger charge is 2.55. The van der Waals surface area contributed by atoms with Gasteiger partial charge >= 0.3 is 6.18 Å². The second-order valence-corrected chi connectivity index (χ2v) is 6.00. The van der Waals surface area contributed by atoms with Crippen LogP contribution in [-0.4, -0.2) is 50.6 Å². The molecule has 0 unspecified atom stereocenters. The molecule has 124 valence electrons. The van der Waals surface area contributed by atoms with Gasteiger partial charge < -0.3 is 10.0 Å². The van der Waals surface area contributed by atoms with E-state index in [1.165, 1.54) is 11.1 Å². The van der Waals surface area contributed by atoms with E-state index in [9.17, 15) is 23.1 Å². The molecule has 0 saturated carbocycles. The van der Waals surface area contributed by atoms with Gasteiger partial charge in [0, 0.05) is 37.7 Å². The van der Waals surface area contributed by atoms with Crippen molar-refractivity contribution in [3.63, 3.8) is 0 Å². The largest absolute Gasteiger partial charge is 0.417 e. The van der Waals surface area contributed by atoms with E-state index in [-0.39, 0.29) is 25.0 Å². The molecule has 0 atom stereocenters. The first-order chi connectivity index (χ1) is 10.1. The number of hydrogen-bond donors (Lipinski definition) is 1. The minimum absolute atomic E-state index is 0.0956. The molecule has 0 spiro atoms. The molecule has 5 nitrogen and oxygen atoms in total. The number of piperidine rings is 1. The molecule has 1 fully saturated rings. The molecule has 1 amide bonds. The SMILES string of the molecule is Cc1c(C(=O)N2CCC(O)(C(F)(F)F)CC2)cnn1C(C)C. The van der Waals surface area contributed by atoms with E-state index in [4.69, 9.17) is 0 Å². The molecule has 1 saturated heterocycles. The van der Waals surface area contributed by atoms with Crippen LogP contribution in [-0.2, 0) is 0 Å². The number of likely N-dealkylation sites (tertiary alicyclic amines) is 1. The number of nitrogens with zero attached hydrogens (tertiary/aromatic N) is 3. The number of carbonyl (C=O) groups is 1. The van der Waals surface area contributed by atoms with Crippen molar-refractivity contribution in [2.75, 3.05) is 13.1 Å². The van der Waals surface area contributed by atoms with Crippen molar-refractivity contribution in [1.29, 1.82) is 0 Å². The number of amides is 1. The molecule has 0 aliphatic carbocycles. The van der Waals surface area contributed by atoms with Crippen LogP contribution in [0.5, 0.6) is 0 Å². The highest BCUT2D eigenvalue weighted by molar-refractivity contribution is 5.95. The Morgan fingerprint density at radius 1 is 1.36 bits per heavy atom. The Kier molecular flexibility index (Phi) is 4.25. The fraction of sp³-hybridized carbons (Fsp3) is 0.714. The number of aromatic nitrogens is 2. The van der Waals surface area contributed by atoms with Gasteiger partial charge in [0.15, 0.2) is 5.60 Å². The molecule has 0 radical (unpaired) electrons. The Balaban J connectivity index is 2.11. The Labute approximate surface area is 126 Å². The number of aliphatic hydroxyl groups is 1. The van der Waals surface area contributed by atoms with Crippen molar-refractivity contribution in [1.82, 2.24) is 14.7 Å². The summed E-state index contributed by atoms with van der Waals surface area (Å²) in [6.07, 6.45) is -4.22. The predicted molar refractivity (Wildman–Crippen MR) is 73.5 cm³/mol. The van der Waals surface area contributed by atoms with E-state index in [0.717, 1.165) is 0 Å². The maximum atomic E-state index is 12.8. The highest BCUT2D eigenvalue weighted by Crippen LogP contribution is 2.38. The second-order valence-electron chi connectivity index (χ2n) is 6.00. The number of halogens is 3. The van der Waals surface area contributed by atoms with Crippen molar-refractivity contribution >= 4 is 5.91 Å². The van der Waals surface area contributed by atoms with Crippen LogP contribution in [0.2, 0.25) is 0 Å². The van der Waals surface area contributed by atoms with Gasteiger partial charge in [-0.25, -0.2) is 0 Å². The first-order valence-electron chi connectivity index (χ1n) is 7.19. The van der Waals surface area contributed by atoms with Crippen LogP contribution in [0.3, 0.4) is 0 Å². The lowest BCUT2D eigenvalue weighted by Gasteiger charge is -2.39. The van der Waals surface area contributed by atoms with Crippen LogP contribution in [0.4, 0.5) is 13.2 Å². The lowest BCUT2D eigenvalue weighted by Crippen LogP contribution is -2.54. The van der Waals surface area contributed by atoms with Crippen LogP contribution in [0, 0.1) is 6.92 Å². The van der Waals surface area contributed by atoms with Gasteiger partial charge in [0.2, 0.25) is 0 Å². The summed E-state index contributed by atoms with van der Waals surface area (Å²) >= 11 is 0. The standard InChI is InChI=1S/C14H20F3N3O2/c1-9(2)20-10(3)11(8-18-20)12(21)19-6-4-13(22,5-7-19)14(15,16)17/h8-9,22H,4-7H2,1-3H3. The van der Waals surface area contributed by atoms with Crippen molar-refractivity contribution in [3.8, 4) is 0 Å². The Morgan fingerprint density at radius 2 is 1.91 bits per heavy atom. The van der Waals surface area contributed by atoms with Crippen molar-refractivity contribution < 1.29 is 23.1 Å². The molecule has 0 aromatic carbocycles. The Bertz CT molecular complexity index is 558. The fourth-order valence-electron chi connectivity index (χ4n) is 2.69. The summed E-state index contributed by atoms with van der Waals surface area (Å²) in [5.41, 5.74) is -1.61. The monoisotopic (exact) mass is 319 g/mol. The molecule has 1 aromatic heterocycles. The van der Waals surface area contributed by atoms with Crippen LogP contribution < -0.4 is 0 Å². The van der Waals surface area contributed by atoms with Gasteiger partial charge in [-0.05, 0) is 20.8 Å². The van der Waals surface area contributed by atoms with E-state index in [1.54, 1.807) is 11.6 Å². The molecule has 2 rings (SSSR count). The first kappa shape index (κ1) is 16.8. The maximum absolute atomic E-state index is 12.8. The lowest BCUT2D eigenvalue weighted by atomic mass is 9.90. The van der Waals surface area contributed by atoms with E-state index < -0.39 is 24.6 Å². The van der Waals surface area contributed by atoms with Crippen LogP contribution in [0.25, 0.3) is 0 Å². The van der Waals surface area contributed by atoms with Gasteiger partial charge in [-0.3, -0.25) is 9.48 Å². The summed E-state index contributed by atoms with van der Waals surface area (Å²) in [6, 6.07) is 0.0956. The van der Waals surface area contributed by atoms with E-state index >= 15 is 0 Å². The zero-order chi connectivity index (χ0) is 16.7. The second kappa shape index (κ2) is 5.57. The summed E-state index contributed by atoms with van der Waals surface area (Å²) in [5, 5.41) is 13.8. The number of hydrogen-bond acceptors (Lipinski definition) is 3. The molecule has 1 aromatic rings. The van der Waals surface area contributed by atoms with Gasteiger partial charge in [0.25, 0.3) is 5.91 Å². The molecule has 1 N–H and O–H groups in total. The van der Waals surface area contributed by atoms with Crippen molar-refractivity contribution in [3.05, 3.63) is 17.5 Å². The summed E-state index contributed by atoms with van der Waals surface area (Å²) in [6.45, 7) is 5.37. The van der Waals surface area contributed by atoms with E-state index in [0.29, 0.717) is 11.3 Å². The van der Waals surface area contributed by atoms with Crippen molar-refractivity contribution in [2.24, 2.45) is 0 Å². The summed E-state index contributed by atoms with van der Waals surface area (Å²) < 4.78 is 40.0. The van der Waals surface area contributed by atoms with E-state index in [1.807, 2.05) is 13.8 Å². The molecule has 1 aliphatic heterocycles. The van der Waals surface area contributed by atoms with Crippen LogP contribution in [0.15, 0.2) is 6.20 Å². The molecule has 22 heavy (non-hydrogen) atoms. The minimum atomic E-state index is -4.67. The third kappa shape index (κ3) is 2.84. The summed E-state index contributed by atoms with van der Waals surface area (Å²) in [5.74, 6) is -0.339. The van der Waals surface area contributed by atoms with Crippen LogP contribution >= 0.6 is 0 Å². The molecular formula is C14H20F3N3O2. The topological polar surface area (TPSA) is 58.4 Å². The van der Waals surface area contributed by atoms with Crippen molar-refractivity contribution in [2.45, 2.75) is 51.4 Å². The maximum Gasteiger partial charge on any atom is 0.417 e. The highest BCUT2D eigenvalue weighted by atomic mass is 19.4. The minimum Gasteiger partial charge on any atom is -0.380 e. The lowest BCUT2D eigenvalue weighted by molar-refractivity contribution is -0.271. The van der Waals surface area contributed by atoms with Gasteiger partial charge in [-0.1, -0.05) is 0 Å². The van der Waals surface area contributed by atoms with E-state index in [2.05, 4.69) is 5.10 Å². The van der Waals surface area contributed by atoms with Gasteiger partial charge in [-0.15, -0.1) is 0 Å². The van der Waals surface area contributed by atoms with Crippen LogP contribution in [0.1, 0.15) is 48.8 Å². The molecule has 1 aliphatic rings. The normalized spacial score (nSPS) is 18.8. The first-order valence-corrected chi connectivity index (χ1v) is 7.19. The average molecular weight is 319 g/mol. The Hall–Kier alpha value is -1.57. The number of carbonyl (C=O) groups excluding carboxylic acids is 1. The number of rotatable bonds is 2. The van der Waals surface area contributed by atoms with Gasteiger partial charge in [-0.2, -0.15) is 18.3 Å². The summed E-state index contributed by atoms with van der Waals surface area (Å²) in [7, 11) is 0. The smallest absolute Gasteiger partial charge is 0.380 e. The fourth-order valence-corrected chi connectivity index (χ4v) is 2.69.